The number of nitrogens with zero attached hydrogens (tertiary/aromatic N) is 2. The van der Waals surface area contributed by atoms with Gasteiger partial charge in [0.05, 0.1) is 11.6 Å². The summed E-state index contributed by atoms with van der Waals surface area (Å²) >= 11 is 0. The Bertz CT molecular complexity index is 495. The fourth-order valence-corrected chi connectivity index (χ4v) is 3.04. The molecule has 1 amide bonds. The molecule has 1 aromatic carbocycles. The molecule has 0 saturated heterocycles. The van der Waals surface area contributed by atoms with Crippen molar-refractivity contribution in [3.05, 3.63) is 35.4 Å². The molecule has 0 aromatic heterocycles. The third-order valence-electron chi connectivity index (χ3n) is 4.42. The molecule has 0 N–H and O–H groups in total. The quantitative estimate of drug-likeness (QED) is 0.823. The van der Waals surface area contributed by atoms with Gasteiger partial charge in [-0.25, -0.2) is 0 Å². The Kier molecular flexibility index (Phi) is 5.80. The first-order valence-corrected chi connectivity index (χ1v) is 7.92. The maximum atomic E-state index is 12.2. The molecular weight excluding hydrogens is 260 g/mol. The van der Waals surface area contributed by atoms with E-state index in [9.17, 15) is 4.79 Å². The predicted octanol–water partition coefficient (Wildman–Crippen LogP) is 3.88. The first kappa shape index (κ1) is 15.6. The van der Waals surface area contributed by atoms with Gasteiger partial charge in [-0.1, -0.05) is 44.2 Å². The number of rotatable bonds is 5. The van der Waals surface area contributed by atoms with Crippen LogP contribution in [0.3, 0.4) is 0 Å². The molecule has 1 saturated carbocycles. The van der Waals surface area contributed by atoms with Crippen molar-refractivity contribution in [2.45, 2.75) is 51.5 Å². The molecule has 0 aliphatic heterocycles. The van der Waals surface area contributed by atoms with Crippen LogP contribution in [-0.2, 0) is 11.3 Å². The molecule has 21 heavy (non-hydrogen) atoms. The molecule has 3 nitrogen and oxygen atoms in total. The highest BCUT2D eigenvalue weighted by atomic mass is 16.2. The molecule has 1 fully saturated rings. The van der Waals surface area contributed by atoms with E-state index in [0.717, 1.165) is 17.9 Å². The molecule has 0 unspecified atom stereocenters. The number of hydrogen-bond donors (Lipinski definition) is 0. The van der Waals surface area contributed by atoms with Crippen molar-refractivity contribution in [2.24, 2.45) is 5.92 Å². The molecule has 3 heteroatoms. The van der Waals surface area contributed by atoms with Gasteiger partial charge in [0.2, 0.25) is 5.91 Å². The van der Waals surface area contributed by atoms with E-state index < -0.39 is 0 Å². The smallest absolute Gasteiger partial charge is 0.222 e. The van der Waals surface area contributed by atoms with Gasteiger partial charge < -0.3 is 4.90 Å². The summed E-state index contributed by atoms with van der Waals surface area (Å²) in [5.74, 6) is 0.982. The van der Waals surface area contributed by atoms with E-state index in [4.69, 9.17) is 5.26 Å². The minimum absolute atomic E-state index is 0.227. The summed E-state index contributed by atoms with van der Waals surface area (Å²) in [6, 6.07) is 9.55. The van der Waals surface area contributed by atoms with Crippen molar-refractivity contribution in [2.75, 3.05) is 7.05 Å². The van der Waals surface area contributed by atoms with Crippen LogP contribution in [-0.4, -0.2) is 17.9 Å². The van der Waals surface area contributed by atoms with E-state index >= 15 is 0 Å². The Morgan fingerprint density at radius 2 is 1.90 bits per heavy atom. The predicted molar refractivity (Wildman–Crippen MR) is 83.4 cm³/mol. The van der Waals surface area contributed by atoms with Gasteiger partial charge in [0.15, 0.2) is 0 Å². The Morgan fingerprint density at radius 1 is 1.24 bits per heavy atom. The average Bonchev–Trinajstić information content (AvgIpc) is 2.54. The summed E-state index contributed by atoms with van der Waals surface area (Å²) in [5.41, 5.74) is 1.73. The zero-order chi connectivity index (χ0) is 15.1. The number of hydrogen-bond acceptors (Lipinski definition) is 2. The number of carbonyl (C=O) groups excluding carboxylic acids is 1. The van der Waals surface area contributed by atoms with Crippen molar-refractivity contribution < 1.29 is 4.79 Å². The number of benzene rings is 1. The summed E-state index contributed by atoms with van der Waals surface area (Å²) < 4.78 is 0. The van der Waals surface area contributed by atoms with Gasteiger partial charge in [0.25, 0.3) is 0 Å². The summed E-state index contributed by atoms with van der Waals surface area (Å²) in [6.07, 6.45) is 8.33. The fourth-order valence-electron chi connectivity index (χ4n) is 3.04. The molecule has 0 bridgehead atoms. The normalized spacial score (nSPS) is 15.4. The maximum absolute atomic E-state index is 12.2. The van der Waals surface area contributed by atoms with Crippen molar-refractivity contribution >= 4 is 5.91 Å². The largest absolute Gasteiger partial charge is 0.341 e. The van der Waals surface area contributed by atoms with Crippen LogP contribution in [0.1, 0.15) is 56.1 Å². The summed E-state index contributed by atoms with van der Waals surface area (Å²) in [6.45, 7) is 0.620. The van der Waals surface area contributed by atoms with Crippen molar-refractivity contribution in [3.63, 3.8) is 0 Å². The van der Waals surface area contributed by atoms with Gasteiger partial charge in [-0.15, -0.1) is 0 Å². The number of amides is 1. The lowest BCUT2D eigenvalue weighted by molar-refractivity contribution is -0.130. The molecule has 0 spiro atoms. The molecule has 112 valence electrons. The van der Waals surface area contributed by atoms with Crippen molar-refractivity contribution in [3.8, 4) is 6.07 Å². The van der Waals surface area contributed by atoms with Gasteiger partial charge >= 0.3 is 0 Å². The Morgan fingerprint density at radius 3 is 2.52 bits per heavy atom. The lowest BCUT2D eigenvalue weighted by Crippen LogP contribution is -2.26. The van der Waals surface area contributed by atoms with E-state index in [0.29, 0.717) is 18.5 Å². The topological polar surface area (TPSA) is 44.1 Å². The van der Waals surface area contributed by atoms with Crippen LogP contribution >= 0.6 is 0 Å². The van der Waals surface area contributed by atoms with Crippen LogP contribution in [0.25, 0.3) is 0 Å². The molecule has 2 rings (SSSR count). The average molecular weight is 284 g/mol. The van der Waals surface area contributed by atoms with E-state index in [1.54, 1.807) is 17.0 Å². The van der Waals surface area contributed by atoms with Crippen LogP contribution in [0, 0.1) is 17.2 Å². The summed E-state index contributed by atoms with van der Waals surface area (Å²) in [4.78, 5) is 14.0. The minimum Gasteiger partial charge on any atom is -0.341 e. The van der Waals surface area contributed by atoms with Crippen LogP contribution < -0.4 is 0 Å². The SMILES string of the molecule is CN(Cc1ccc(C#N)cc1)C(=O)CCC1CCCCC1. The van der Waals surface area contributed by atoms with E-state index in [2.05, 4.69) is 6.07 Å². The zero-order valence-electron chi connectivity index (χ0n) is 12.8. The second-order valence-electron chi connectivity index (χ2n) is 6.10. The summed E-state index contributed by atoms with van der Waals surface area (Å²) in [7, 11) is 1.86. The van der Waals surface area contributed by atoms with Crippen molar-refractivity contribution in [1.29, 1.82) is 5.26 Å². The number of nitriles is 1. The zero-order valence-corrected chi connectivity index (χ0v) is 12.8. The van der Waals surface area contributed by atoms with Gasteiger partial charge in [0, 0.05) is 20.0 Å². The second-order valence-corrected chi connectivity index (χ2v) is 6.10. The lowest BCUT2D eigenvalue weighted by atomic mass is 9.86. The van der Waals surface area contributed by atoms with Crippen LogP contribution in [0.4, 0.5) is 0 Å². The van der Waals surface area contributed by atoms with Crippen LogP contribution in [0.2, 0.25) is 0 Å². The molecule has 0 radical (unpaired) electrons. The van der Waals surface area contributed by atoms with Gasteiger partial charge in [0.1, 0.15) is 0 Å². The first-order chi connectivity index (χ1) is 10.2. The van der Waals surface area contributed by atoms with Crippen LogP contribution in [0.15, 0.2) is 24.3 Å². The Labute approximate surface area is 127 Å². The Hall–Kier alpha value is -1.82. The second kappa shape index (κ2) is 7.83. The van der Waals surface area contributed by atoms with Crippen LogP contribution in [0.5, 0.6) is 0 Å². The molecule has 1 aliphatic rings. The number of carbonyl (C=O) groups is 1. The molecular formula is C18H24N2O. The highest BCUT2D eigenvalue weighted by Crippen LogP contribution is 2.27. The highest BCUT2D eigenvalue weighted by Gasteiger charge is 2.16. The standard InChI is InChI=1S/C18H24N2O/c1-20(14-17-9-7-16(13-19)8-10-17)18(21)12-11-15-5-3-2-4-6-15/h7-10,15H,2-6,11-12,14H2,1H3. The molecule has 0 heterocycles. The van der Waals surface area contributed by atoms with Gasteiger partial charge in [-0.2, -0.15) is 5.26 Å². The van der Waals surface area contributed by atoms with Gasteiger partial charge in [-0.3, -0.25) is 4.79 Å². The third-order valence-corrected chi connectivity index (χ3v) is 4.42. The minimum atomic E-state index is 0.227. The maximum Gasteiger partial charge on any atom is 0.222 e. The Balaban J connectivity index is 1.77. The van der Waals surface area contributed by atoms with E-state index in [-0.39, 0.29) is 5.91 Å². The lowest BCUT2D eigenvalue weighted by Gasteiger charge is -2.23. The van der Waals surface area contributed by atoms with Gasteiger partial charge in [-0.05, 0) is 30.0 Å². The summed E-state index contributed by atoms with van der Waals surface area (Å²) in [5, 5.41) is 8.78. The van der Waals surface area contributed by atoms with E-state index in [1.165, 1.54) is 32.1 Å². The fraction of sp³-hybridized carbons (Fsp3) is 0.556. The highest BCUT2D eigenvalue weighted by molar-refractivity contribution is 5.75. The molecule has 1 aromatic rings. The molecule has 0 atom stereocenters. The molecule has 1 aliphatic carbocycles. The monoisotopic (exact) mass is 284 g/mol. The first-order valence-electron chi connectivity index (χ1n) is 7.92. The van der Waals surface area contributed by atoms with E-state index in [1.807, 2.05) is 19.2 Å². The van der Waals surface area contributed by atoms with Crippen molar-refractivity contribution in [1.82, 2.24) is 4.90 Å². The third kappa shape index (κ3) is 4.90.